The fourth-order valence-electron chi connectivity index (χ4n) is 2.58. The molecule has 1 aromatic heterocycles. The summed E-state index contributed by atoms with van der Waals surface area (Å²) < 4.78 is 5.37. The van der Waals surface area contributed by atoms with Gasteiger partial charge in [0.25, 0.3) is 5.69 Å². The van der Waals surface area contributed by atoms with E-state index >= 15 is 0 Å². The van der Waals surface area contributed by atoms with Crippen LogP contribution in [0.25, 0.3) is 0 Å². The largest absolute Gasteiger partial charge is 0.496 e. The van der Waals surface area contributed by atoms with E-state index in [2.05, 4.69) is 22.4 Å². The topological polar surface area (TPSA) is 55.6 Å². The zero-order valence-electron chi connectivity index (χ0n) is 12.4. The molecular formula is C16H18N2O3S. The van der Waals surface area contributed by atoms with E-state index < -0.39 is 0 Å². The maximum atomic E-state index is 11.0. The summed E-state index contributed by atoms with van der Waals surface area (Å²) in [6.45, 7) is 1.56. The number of nitrogens with zero attached hydrogens (tertiary/aromatic N) is 2. The monoisotopic (exact) mass is 318 g/mol. The number of ether oxygens (including phenoxy) is 1. The molecule has 1 aliphatic carbocycles. The van der Waals surface area contributed by atoms with Crippen molar-refractivity contribution in [1.29, 1.82) is 0 Å². The van der Waals surface area contributed by atoms with Gasteiger partial charge in [0.1, 0.15) is 5.75 Å². The van der Waals surface area contributed by atoms with Crippen LogP contribution >= 0.6 is 11.3 Å². The summed E-state index contributed by atoms with van der Waals surface area (Å²) in [7, 11) is 1.60. The van der Waals surface area contributed by atoms with Crippen molar-refractivity contribution in [3.8, 4) is 5.75 Å². The molecule has 1 saturated carbocycles. The predicted octanol–water partition coefficient (Wildman–Crippen LogP) is 3.83. The van der Waals surface area contributed by atoms with Gasteiger partial charge in [0.05, 0.1) is 12.0 Å². The lowest BCUT2D eigenvalue weighted by molar-refractivity contribution is -0.385. The Hall–Kier alpha value is -1.92. The molecule has 0 spiro atoms. The average molecular weight is 318 g/mol. The molecule has 0 N–H and O–H groups in total. The van der Waals surface area contributed by atoms with Gasteiger partial charge in [-0.05, 0) is 30.4 Å². The first-order chi connectivity index (χ1) is 10.7. The molecule has 1 aromatic carbocycles. The van der Waals surface area contributed by atoms with Crippen molar-refractivity contribution in [2.24, 2.45) is 0 Å². The van der Waals surface area contributed by atoms with Crippen LogP contribution < -0.4 is 4.74 Å². The number of rotatable bonds is 7. The van der Waals surface area contributed by atoms with Crippen molar-refractivity contribution in [3.05, 3.63) is 56.3 Å². The van der Waals surface area contributed by atoms with E-state index in [1.165, 1.54) is 23.8 Å². The Bertz CT molecular complexity index is 653. The van der Waals surface area contributed by atoms with Crippen LogP contribution in [0.15, 0.2) is 35.7 Å². The summed E-state index contributed by atoms with van der Waals surface area (Å²) >= 11 is 1.74. The Kier molecular flexibility index (Phi) is 4.40. The molecular weight excluding hydrogens is 300 g/mol. The van der Waals surface area contributed by atoms with Crippen LogP contribution in [0.5, 0.6) is 5.75 Å². The lowest BCUT2D eigenvalue weighted by Crippen LogP contribution is -2.25. The van der Waals surface area contributed by atoms with Crippen LogP contribution in [0.2, 0.25) is 0 Å². The van der Waals surface area contributed by atoms with Gasteiger partial charge in [-0.1, -0.05) is 6.07 Å². The van der Waals surface area contributed by atoms with Gasteiger partial charge in [-0.2, -0.15) is 0 Å². The third-order valence-electron chi connectivity index (χ3n) is 3.85. The first-order valence-electron chi connectivity index (χ1n) is 7.25. The summed E-state index contributed by atoms with van der Waals surface area (Å²) in [6.07, 6.45) is 2.39. The molecule has 0 aliphatic heterocycles. The standard InChI is InChI=1S/C16H18N2O3S/c1-21-16-7-6-14(18(19)20)9-12(16)10-17(13-4-5-13)11-15-3-2-8-22-15/h2-3,6-9,13H,4-5,10-11H2,1H3. The Labute approximate surface area is 133 Å². The number of nitro benzene ring substituents is 1. The summed E-state index contributed by atoms with van der Waals surface area (Å²) in [5, 5.41) is 13.1. The van der Waals surface area contributed by atoms with E-state index in [1.54, 1.807) is 30.6 Å². The molecule has 0 unspecified atom stereocenters. The molecule has 1 aliphatic rings. The molecule has 2 aromatic rings. The van der Waals surface area contributed by atoms with Gasteiger partial charge in [0.15, 0.2) is 0 Å². The SMILES string of the molecule is COc1ccc([N+](=O)[O-])cc1CN(Cc1cccs1)C1CC1. The Morgan fingerprint density at radius 3 is 2.77 bits per heavy atom. The Morgan fingerprint density at radius 2 is 2.18 bits per heavy atom. The zero-order valence-corrected chi connectivity index (χ0v) is 13.2. The highest BCUT2D eigenvalue weighted by atomic mass is 32.1. The van der Waals surface area contributed by atoms with Crippen molar-refractivity contribution in [2.75, 3.05) is 7.11 Å². The maximum absolute atomic E-state index is 11.0. The minimum absolute atomic E-state index is 0.114. The number of hydrogen-bond donors (Lipinski definition) is 0. The number of hydrogen-bond acceptors (Lipinski definition) is 5. The molecule has 0 bridgehead atoms. The van der Waals surface area contributed by atoms with E-state index in [9.17, 15) is 10.1 Å². The van der Waals surface area contributed by atoms with Crippen molar-refractivity contribution < 1.29 is 9.66 Å². The third kappa shape index (κ3) is 3.45. The van der Waals surface area contributed by atoms with Crippen LogP contribution in [0.3, 0.4) is 0 Å². The quantitative estimate of drug-likeness (QED) is 0.575. The second kappa shape index (κ2) is 6.46. The molecule has 0 amide bonds. The fraction of sp³-hybridized carbons (Fsp3) is 0.375. The second-order valence-corrected chi connectivity index (χ2v) is 6.50. The lowest BCUT2D eigenvalue weighted by Gasteiger charge is -2.22. The minimum Gasteiger partial charge on any atom is -0.496 e. The zero-order chi connectivity index (χ0) is 15.5. The van der Waals surface area contributed by atoms with Gasteiger partial charge in [0.2, 0.25) is 0 Å². The van der Waals surface area contributed by atoms with Gasteiger partial charge in [0, 0.05) is 41.7 Å². The first kappa shape index (κ1) is 15.0. The molecule has 0 saturated heterocycles. The number of methoxy groups -OCH3 is 1. The predicted molar refractivity (Wildman–Crippen MR) is 86.2 cm³/mol. The number of benzene rings is 1. The molecule has 1 heterocycles. The fourth-order valence-corrected chi connectivity index (χ4v) is 3.31. The first-order valence-corrected chi connectivity index (χ1v) is 8.13. The minimum atomic E-state index is -0.357. The Balaban J connectivity index is 1.82. The molecule has 5 nitrogen and oxygen atoms in total. The van der Waals surface area contributed by atoms with Gasteiger partial charge in [-0.15, -0.1) is 11.3 Å². The third-order valence-corrected chi connectivity index (χ3v) is 4.71. The summed E-state index contributed by atoms with van der Waals surface area (Å²) in [6, 6.07) is 9.56. The average Bonchev–Trinajstić information content (AvgIpc) is 3.24. The van der Waals surface area contributed by atoms with Crippen molar-refractivity contribution in [2.45, 2.75) is 32.0 Å². The molecule has 1 fully saturated rings. The Morgan fingerprint density at radius 1 is 1.36 bits per heavy atom. The van der Waals surface area contributed by atoms with Crippen LogP contribution in [0.1, 0.15) is 23.3 Å². The second-order valence-electron chi connectivity index (χ2n) is 5.47. The van der Waals surface area contributed by atoms with E-state index in [-0.39, 0.29) is 10.6 Å². The highest BCUT2D eigenvalue weighted by molar-refractivity contribution is 7.09. The smallest absolute Gasteiger partial charge is 0.270 e. The van der Waals surface area contributed by atoms with Crippen LogP contribution in [0.4, 0.5) is 5.69 Å². The van der Waals surface area contributed by atoms with Crippen molar-refractivity contribution >= 4 is 17.0 Å². The van der Waals surface area contributed by atoms with E-state index in [0.29, 0.717) is 18.3 Å². The van der Waals surface area contributed by atoms with Gasteiger partial charge in [-0.25, -0.2) is 0 Å². The van der Waals surface area contributed by atoms with Crippen molar-refractivity contribution in [3.63, 3.8) is 0 Å². The number of nitro groups is 1. The highest BCUT2D eigenvalue weighted by Gasteiger charge is 2.30. The van der Waals surface area contributed by atoms with Gasteiger partial charge >= 0.3 is 0 Å². The maximum Gasteiger partial charge on any atom is 0.270 e. The molecule has 22 heavy (non-hydrogen) atoms. The van der Waals surface area contributed by atoms with Crippen LogP contribution in [-0.4, -0.2) is 23.0 Å². The number of thiophene rings is 1. The lowest BCUT2D eigenvalue weighted by atomic mass is 10.1. The van der Waals surface area contributed by atoms with Crippen molar-refractivity contribution in [1.82, 2.24) is 4.90 Å². The summed E-state index contributed by atoms with van der Waals surface area (Å²) in [4.78, 5) is 14.3. The van der Waals surface area contributed by atoms with Crippen LogP contribution in [0, 0.1) is 10.1 Å². The summed E-state index contributed by atoms with van der Waals surface area (Å²) in [5.41, 5.74) is 0.989. The highest BCUT2D eigenvalue weighted by Crippen LogP contribution is 2.33. The molecule has 116 valence electrons. The molecule has 0 atom stereocenters. The summed E-state index contributed by atoms with van der Waals surface area (Å²) in [5.74, 6) is 0.711. The van der Waals surface area contributed by atoms with E-state index in [4.69, 9.17) is 4.74 Å². The van der Waals surface area contributed by atoms with Gasteiger partial charge < -0.3 is 4.74 Å². The van der Waals surface area contributed by atoms with Crippen LogP contribution in [-0.2, 0) is 13.1 Å². The van der Waals surface area contributed by atoms with E-state index in [1.807, 2.05) is 0 Å². The van der Waals surface area contributed by atoms with Gasteiger partial charge in [-0.3, -0.25) is 15.0 Å². The molecule has 6 heteroatoms. The normalized spacial score (nSPS) is 14.3. The molecule has 0 radical (unpaired) electrons. The van der Waals surface area contributed by atoms with E-state index in [0.717, 1.165) is 12.1 Å². The molecule has 3 rings (SSSR count). The number of non-ortho nitro benzene ring substituents is 1.